The third-order valence-electron chi connectivity index (χ3n) is 4.21. The zero-order chi connectivity index (χ0) is 18.4. The zero-order valence-electron chi connectivity index (χ0n) is 15.8. The van der Waals surface area contributed by atoms with Crippen LogP contribution in [-0.4, -0.2) is 42.9 Å². The van der Waals surface area contributed by atoms with Crippen LogP contribution in [0.1, 0.15) is 38.3 Å². The van der Waals surface area contributed by atoms with Gasteiger partial charge in [0.05, 0.1) is 19.8 Å². The van der Waals surface area contributed by atoms with Gasteiger partial charge in [0.1, 0.15) is 11.6 Å². The Balaban J connectivity index is 2.26. The summed E-state index contributed by atoms with van der Waals surface area (Å²) in [6, 6.07) is 5.99. The first-order valence-corrected chi connectivity index (χ1v) is 10.4. The van der Waals surface area contributed by atoms with E-state index < -0.39 is 7.75 Å². The molecule has 1 aliphatic rings. The molecule has 25 heavy (non-hydrogen) atoms. The average Bonchev–Trinajstić information content (AvgIpc) is 3.07. The minimum atomic E-state index is -3.39. The Morgan fingerprint density at radius 1 is 1.20 bits per heavy atom. The van der Waals surface area contributed by atoms with Gasteiger partial charge in [-0.1, -0.05) is 19.1 Å². The van der Waals surface area contributed by atoms with Gasteiger partial charge in [-0.25, -0.2) is 4.57 Å². The van der Waals surface area contributed by atoms with E-state index >= 15 is 0 Å². The van der Waals surface area contributed by atoms with Crippen LogP contribution in [-0.2, 0) is 13.6 Å². The molecule has 0 saturated carbocycles. The molecule has 1 aromatic carbocycles. The third kappa shape index (κ3) is 4.43. The maximum absolute atomic E-state index is 13.2. The van der Waals surface area contributed by atoms with Gasteiger partial charge >= 0.3 is 7.75 Å². The number of hydrogen-bond acceptors (Lipinski definition) is 5. The average molecular weight is 368 g/mol. The molecule has 0 radical (unpaired) electrons. The highest BCUT2D eigenvalue weighted by Crippen LogP contribution is 2.53. The van der Waals surface area contributed by atoms with Crippen molar-refractivity contribution in [2.75, 3.05) is 26.3 Å². The van der Waals surface area contributed by atoms with Crippen LogP contribution in [0, 0.1) is 13.8 Å². The number of benzene rings is 1. The second kappa shape index (κ2) is 8.84. The predicted molar refractivity (Wildman–Crippen MR) is 100 cm³/mol. The number of aliphatic imine (C=N–C) groups is 1. The SMILES string of the molecule is CCOP(=O)(OCC)N1CCN=C1C(CC)Oc1cccc(C)c1C. The summed E-state index contributed by atoms with van der Waals surface area (Å²) in [6.45, 7) is 11.4. The van der Waals surface area contributed by atoms with E-state index in [0.29, 0.717) is 38.6 Å². The summed E-state index contributed by atoms with van der Waals surface area (Å²) in [6.07, 6.45) is 0.415. The summed E-state index contributed by atoms with van der Waals surface area (Å²) >= 11 is 0. The number of nitrogens with zero attached hydrogens (tertiary/aromatic N) is 2. The lowest BCUT2D eigenvalue weighted by Gasteiger charge is -2.31. The summed E-state index contributed by atoms with van der Waals surface area (Å²) in [5, 5.41) is 0. The lowest BCUT2D eigenvalue weighted by molar-refractivity contribution is 0.184. The van der Waals surface area contributed by atoms with Crippen molar-refractivity contribution in [3.8, 4) is 5.75 Å². The van der Waals surface area contributed by atoms with Crippen LogP contribution in [0.4, 0.5) is 0 Å². The number of aryl methyl sites for hydroxylation is 1. The van der Waals surface area contributed by atoms with Gasteiger partial charge in [-0.05, 0) is 51.3 Å². The summed E-state index contributed by atoms with van der Waals surface area (Å²) in [4.78, 5) is 4.55. The molecular weight excluding hydrogens is 339 g/mol. The monoisotopic (exact) mass is 368 g/mol. The maximum atomic E-state index is 13.2. The van der Waals surface area contributed by atoms with E-state index in [4.69, 9.17) is 13.8 Å². The first kappa shape index (κ1) is 20.0. The predicted octanol–water partition coefficient (Wildman–Crippen LogP) is 4.36. The molecule has 0 aliphatic carbocycles. The van der Waals surface area contributed by atoms with Gasteiger partial charge in [0.15, 0.2) is 6.10 Å². The Morgan fingerprint density at radius 2 is 1.88 bits per heavy atom. The number of ether oxygens (including phenoxy) is 1. The van der Waals surface area contributed by atoms with Crippen molar-refractivity contribution in [1.29, 1.82) is 0 Å². The minimum Gasteiger partial charge on any atom is -0.482 e. The highest BCUT2D eigenvalue weighted by Gasteiger charge is 2.41. The molecule has 1 atom stereocenters. The highest BCUT2D eigenvalue weighted by atomic mass is 31.2. The quantitative estimate of drug-likeness (QED) is 0.606. The molecule has 6 nitrogen and oxygen atoms in total. The van der Waals surface area contributed by atoms with Gasteiger partial charge in [0.2, 0.25) is 0 Å². The molecule has 1 heterocycles. The molecule has 1 unspecified atom stereocenters. The van der Waals surface area contributed by atoms with E-state index in [1.165, 1.54) is 5.56 Å². The summed E-state index contributed by atoms with van der Waals surface area (Å²) < 4.78 is 32.1. The van der Waals surface area contributed by atoms with Crippen molar-refractivity contribution in [1.82, 2.24) is 4.67 Å². The molecule has 0 spiro atoms. The van der Waals surface area contributed by atoms with E-state index in [2.05, 4.69) is 18.0 Å². The van der Waals surface area contributed by atoms with Crippen molar-refractivity contribution >= 4 is 13.6 Å². The second-order valence-corrected chi connectivity index (χ2v) is 7.82. The van der Waals surface area contributed by atoms with Gasteiger partial charge in [0.25, 0.3) is 0 Å². The molecule has 0 aromatic heterocycles. The molecule has 0 saturated heterocycles. The molecule has 140 valence electrons. The van der Waals surface area contributed by atoms with Crippen LogP contribution < -0.4 is 4.74 Å². The number of hydrogen-bond donors (Lipinski definition) is 0. The van der Waals surface area contributed by atoms with Crippen molar-refractivity contribution in [2.24, 2.45) is 4.99 Å². The molecule has 0 bridgehead atoms. The van der Waals surface area contributed by atoms with E-state index in [1.807, 2.05) is 39.8 Å². The number of rotatable bonds is 9. The Hall–Kier alpha value is -1.36. The van der Waals surface area contributed by atoms with Crippen LogP contribution in [0.15, 0.2) is 23.2 Å². The maximum Gasteiger partial charge on any atom is 0.436 e. The van der Waals surface area contributed by atoms with Crippen molar-refractivity contribution in [3.63, 3.8) is 0 Å². The largest absolute Gasteiger partial charge is 0.482 e. The Kier molecular flexibility index (Phi) is 7.05. The van der Waals surface area contributed by atoms with Crippen LogP contribution in [0.2, 0.25) is 0 Å². The summed E-state index contributed by atoms with van der Waals surface area (Å²) in [5.41, 5.74) is 2.27. The molecular formula is C18H29N2O4P. The molecule has 1 aromatic rings. The van der Waals surface area contributed by atoms with Gasteiger partial charge in [-0.3, -0.25) is 18.7 Å². The fourth-order valence-corrected chi connectivity index (χ4v) is 4.58. The van der Waals surface area contributed by atoms with Gasteiger partial charge in [0, 0.05) is 6.54 Å². The zero-order valence-corrected chi connectivity index (χ0v) is 16.7. The molecule has 2 rings (SSSR count). The fourth-order valence-electron chi connectivity index (χ4n) is 2.80. The molecule has 0 amide bonds. The first-order valence-electron chi connectivity index (χ1n) is 8.91. The smallest absolute Gasteiger partial charge is 0.436 e. The summed E-state index contributed by atoms with van der Waals surface area (Å²) in [7, 11) is -3.39. The van der Waals surface area contributed by atoms with Gasteiger partial charge in [-0.15, -0.1) is 0 Å². The molecule has 0 N–H and O–H groups in total. The second-order valence-electron chi connectivity index (χ2n) is 5.88. The van der Waals surface area contributed by atoms with E-state index in [0.717, 1.165) is 11.3 Å². The summed E-state index contributed by atoms with van der Waals surface area (Å²) in [5.74, 6) is 1.47. The Labute approximate surface area is 150 Å². The van der Waals surface area contributed by atoms with Crippen LogP contribution in [0.25, 0.3) is 0 Å². The van der Waals surface area contributed by atoms with Gasteiger partial charge < -0.3 is 4.74 Å². The Bertz CT molecular complexity index is 652. The lowest BCUT2D eigenvalue weighted by atomic mass is 10.1. The molecule has 7 heteroatoms. The van der Waals surface area contributed by atoms with Crippen molar-refractivity contribution in [3.05, 3.63) is 29.3 Å². The number of amidine groups is 1. The first-order chi connectivity index (χ1) is 12.0. The standard InChI is InChI=1S/C18H29N2O4P/c1-6-16(24-17-11-9-10-14(4)15(17)5)18-19-12-13-20(18)25(21,22-7-2)23-8-3/h9-11,16H,6-8,12-13H2,1-5H3. The van der Waals surface area contributed by atoms with E-state index in [1.54, 1.807) is 4.67 Å². The third-order valence-corrected chi connectivity index (χ3v) is 6.38. The lowest BCUT2D eigenvalue weighted by Crippen LogP contribution is -2.38. The van der Waals surface area contributed by atoms with Gasteiger partial charge in [-0.2, -0.15) is 0 Å². The van der Waals surface area contributed by atoms with Crippen LogP contribution in [0.3, 0.4) is 0 Å². The Morgan fingerprint density at radius 3 is 2.48 bits per heavy atom. The molecule has 0 fully saturated rings. The minimum absolute atomic E-state index is 0.294. The van der Waals surface area contributed by atoms with E-state index in [-0.39, 0.29) is 6.10 Å². The van der Waals surface area contributed by atoms with Crippen molar-refractivity contribution in [2.45, 2.75) is 47.1 Å². The van der Waals surface area contributed by atoms with Crippen LogP contribution >= 0.6 is 7.75 Å². The fraction of sp³-hybridized carbons (Fsp3) is 0.611. The van der Waals surface area contributed by atoms with Crippen molar-refractivity contribution < 1.29 is 18.3 Å². The highest BCUT2D eigenvalue weighted by molar-refractivity contribution is 7.52. The van der Waals surface area contributed by atoms with E-state index in [9.17, 15) is 4.57 Å². The topological polar surface area (TPSA) is 60.4 Å². The molecule has 1 aliphatic heterocycles. The van der Waals surface area contributed by atoms with Crippen LogP contribution in [0.5, 0.6) is 5.75 Å². The normalized spacial score (nSPS) is 16.0.